The first kappa shape index (κ1) is 22.1. The molecule has 0 amide bonds. The molecular weight excluding hydrogens is 404 g/mol. The van der Waals surface area contributed by atoms with Gasteiger partial charge in [-0.25, -0.2) is 8.78 Å². The molecule has 0 radical (unpaired) electrons. The molecule has 0 unspecified atom stereocenters. The van der Waals surface area contributed by atoms with Crippen molar-refractivity contribution in [3.05, 3.63) is 87.9 Å². The Morgan fingerprint density at radius 1 is 1.13 bits per heavy atom. The fourth-order valence-electron chi connectivity index (χ4n) is 3.12. The zero-order chi connectivity index (χ0) is 22.5. The third-order valence-electron chi connectivity index (χ3n) is 4.64. The van der Waals surface area contributed by atoms with Gasteiger partial charge in [0, 0.05) is 30.1 Å². The smallest absolute Gasteiger partial charge is 0.259 e. The molecule has 0 saturated carbocycles. The van der Waals surface area contributed by atoms with Crippen LogP contribution in [0.15, 0.2) is 48.0 Å². The van der Waals surface area contributed by atoms with Crippen LogP contribution in [0.5, 0.6) is 5.75 Å². The van der Waals surface area contributed by atoms with E-state index in [1.807, 2.05) is 13.8 Å². The molecule has 3 aromatic rings. The van der Waals surface area contributed by atoms with Crippen LogP contribution < -0.4 is 10.3 Å². The van der Waals surface area contributed by atoms with Crippen molar-refractivity contribution in [2.75, 3.05) is 6.61 Å². The Balaban J connectivity index is 1.94. The van der Waals surface area contributed by atoms with Crippen molar-refractivity contribution in [2.24, 2.45) is 0 Å². The maximum absolute atomic E-state index is 13.8. The van der Waals surface area contributed by atoms with Gasteiger partial charge in [-0.15, -0.1) is 0 Å². The van der Waals surface area contributed by atoms with Gasteiger partial charge >= 0.3 is 0 Å². The molecular formula is C23H23F2N3O3. The minimum absolute atomic E-state index is 0.0512. The lowest BCUT2D eigenvalue weighted by Crippen LogP contribution is -2.21. The molecule has 0 saturated heterocycles. The molecule has 0 atom stereocenters. The van der Waals surface area contributed by atoms with Crippen molar-refractivity contribution < 1.29 is 18.3 Å². The highest BCUT2D eigenvalue weighted by atomic mass is 19.1. The summed E-state index contributed by atoms with van der Waals surface area (Å²) < 4.78 is 39.3. The Kier molecular flexibility index (Phi) is 6.79. The maximum Gasteiger partial charge on any atom is 0.259 e. The summed E-state index contributed by atoms with van der Waals surface area (Å²) in [6.45, 7) is 9.69. The summed E-state index contributed by atoms with van der Waals surface area (Å²) in [6, 6.07) is 5.48. The van der Waals surface area contributed by atoms with E-state index in [9.17, 15) is 13.6 Å². The topological polar surface area (TPSA) is 66.2 Å². The van der Waals surface area contributed by atoms with E-state index in [0.29, 0.717) is 35.9 Å². The monoisotopic (exact) mass is 427 g/mol. The van der Waals surface area contributed by atoms with Crippen LogP contribution in [-0.2, 0) is 17.8 Å². The van der Waals surface area contributed by atoms with Crippen LogP contribution in [0.3, 0.4) is 0 Å². The van der Waals surface area contributed by atoms with Crippen LogP contribution in [-0.4, -0.2) is 21.1 Å². The fraction of sp³-hybridized carbons (Fsp3) is 0.261. The Hall–Kier alpha value is -3.55. The molecule has 31 heavy (non-hydrogen) atoms. The number of pyridine rings is 3. The standard InChI is InChI=1S/C23H23F2N3O3/c1-5-16-11-26-20(15(4)30-6-2)10-22(16)28-14(3)7-18(9-23(28)29)31-13-21-19(25)8-17(24)12-27-21/h7-12H,4-6,13H2,1-3H3. The van der Waals surface area contributed by atoms with E-state index >= 15 is 0 Å². The predicted octanol–water partition coefficient (Wildman–Crippen LogP) is 4.36. The van der Waals surface area contributed by atoms with E-state index in [2.05, 4.69) is 16.5 Å². The molecule has 3 rings (SSSR count). The van der Waals surface area contributed by atoms with Gasteiger partial charge in [0.15, 0.2) is 5.82 Å². The van der Waals surface area contributed by atoms with Crippen LogP contribution in [0.25, 0.3) is 11.4 Å². The number of ether oxygens (including phenoxy) is 2. The Labute approximate surface area is 178 Å². The maximum atomic E-state index is 13.8. The van der Waals surface area contributed by atoms with Crippen molar-refractivity contribution >= 4 is 5.76 Å². The zero-order valence-electron chi connectivity index (χ0n) is 17.6. The van der Waals surface area contributed by atoms with Crippen LogP contribution in [0, 0.1) is 18.6 Å². The number of halogens is 2. The van der Waals surface area contributed by atoms with Crippen molar-refractivity contribution in [3.8, 4) is 11.4 Å². The van der Waals surface area contributed by atoms with Gasteiger partial charge in [-0.05, 0) is 31.9 Å². The van der Waals surface area contributed by atoms with E-state index in [4.69, 9.17) is 9.47 Å². The normalized spacial score (nSPS) is 10.7. The molecule has 8 heteroatoms. The summed E-state index contributed by atoms with van der Waals surface area (Å²) in [5.74, 6) is -0.895. The van der Waals surface area contributed by atoms with Gasteiger partial charge < -0.3 is 9.47 Å². The molecule has 0 bridgehead atoms. The van der Waals surface area contributed by atoms with Crippen molar-refractivity contribution in [2.45, 2.75) is 33.8 Å². The van der Waals surface area contributed by atoms with Crippen molar-refractivity contribution in [1.82, 2.24) is 14.5 Å². The lowest BCUT2D eigenvalue weighted by atomic mass is 10.1. The van der Waals surface area contributed by atoms with E-state index in [-0.39, 0.29) is 23.6 Å². The second-order valence-electron chi connectivity index (χ2n) is 6.78. The quantitative estimate of drug-likeness (QED) is 0.500. The Morgan fingerprint density at radius 2 is 1.90 bits per heavy atom. The van der Waals surface area contributed by atoms with Crippen LogP contribution in [0.1, 0.15) is 36.5 Å². The van der Waals surface area contributed by atoms with E-state index in [0.717, 1.165) is 17.8 Å². The van der Waals surface area contributed by atoms with Crippen LogP contribution >= 0.6 is 0 Å². The molecule has 6 nitrogen and oxygen atoms in total. The van der Waals surface area contributed by atoms with E-state index in [1.165, 1.54) is 6.07 Å². The number of nitrogens with zero attached hydrogens (tertiary/aromatic N) is 3. The highest BCUT2D eigenvalue weighted by molar-refractivity contribution is 5.58. The predicted molar refractivity (Wildman–Crippen MR) is 113 cm³/mol. The minimum atomic E-state index is -0.809. The summed E-state index contributed by atoms with van der Waals surface area (Å²) in [5, 5.41) is 0. The van der Waals surface area contributed by atoms with Crippen LogP contribution in [0.2, 0.25) is 0 Å². The lowest BCUT2D eigenvalue weighted by Gasteiger charge is -2.17. The molecule has 0 aliphatic carbocycles. The summed E-state index contributed by atoms with van der Waals surface area (Å²) in [4.78, 5) is 21.0. The number of aromatic nitrogens is 3. The fourth-order valence-corrected chi connectivity index (χ4v) is 3.12. The van der Waals surface area contributed by atoms with Gasteiger partial charge in [-0.2, -0.15) is 0 Å². The first-order chi connectivity index (χ1) is 14.8. The largest absolute Gasteiger partial charge is 0.492 e. The highest BCUT2D eigenvalue weighted by Gasteiger charge is 2.14. The average molecular weight is 427 g/mol. The van der Waals surface area contributed by atoms with Gasteiger partial charge in [0.05, 0.1) is 18.5 Å². The minimum Gasteiger partial charge on any atom is -0.492 e. The number of rotatable bonds is 8. The number of hydrogen-bond acceptors (Lipinski definition) is 5. The average Bonchev–Trinajstić information content (AvgIpc) is 2.72. The van der Waals surface area contributed by atoms with E-state index < -0.39 is 11.6 Å². The highest BCUT2D eigenvalue weighted by Crippen LogP contribution is 2.22. The van der Waals surface area contributed by atoms with Gasteiger partial charge in [-0.3, -0.25) is 19.3 Å². The second kappa shape index (κ2) is 9.51. The molecule has 3 heterocycles. The van der Waals surface area contributed by atoms with Crippen molar-refractivity contribution in [1.29, 1.82) is 0 Å². The molecule has 0 aliphatic rings. The van der Waals surface area contributed by atoms with Crippen LogP contribution in [0.4, 0.5) is 8.78 Å². The molecule has 3 aromatic heterocycles. The van der Waals surface area contributed by atoms with Gasteiger partial charge in [-0.1, -0.05) is 13.5 Å². The first-order valence-electron chi connectivity index (χ1n) is 9.81. The second-order valence-corrected chi connectivity index (χ2v) is 6.78. The molecule has 0 N–H and O–H groups in total. The lowest BCUT2D eigenvalue weighted by molar-refractivity contribution is 0.292. The Morgan fingerprint density at radius 3 is 2.55 bits per heavy atom. The van der Waals surface area contributed by atoms with Gasteiger partial charge in [0.1, 0.15) is 35.3 Å². The van der Waals surface area contributed by atoms with Gasteiger partial charge in [0.25, 0.3) is 5.56 Å². The molecule has 0 aliphatic heterocycles. The SMILES string of the molecule is C=C(OCC)c1cc(-n2c(C)cc(OCc3ncc(F)cc3F)cc2=O)c(CC)cn1. The van der Waals surface area contributed by atoms with Gasteiger partial charge in [0.2, 0.25) is 0 Å². The first-order valence-corrected chi connectivity index (χ1v) is 9.81. The summed E-state index contributed by atoms with van der Waals surface area (Å²) in [5.41, 5.74) is 2.33. The molecule has 0 fully saturated rings. The van der Waals surface area contributed by atoms with E-state index in [1.54, 1.807) is 29.8 Å². The third kappa shape index (κ3) is 4.96. The van der Waals surface area contributed by atoms with Crippen molar-refractivity contribution in [3.63, 3.8) is 0 Å². The Bertz CT molecular complexity index is 1180. The summed E-state index contributed by atoms with van der Waals surface area (Å²) >= 11 is 0. The molecule has 162 valence electrons. The third-order valence-corrected chi connectivity index (χ3v) is 4.64. The molecule has 0 spiro atoms. The summed E-state index contributed by atoms with van der Waals surface area (Å²) in [6.07, 6.45) is 3.28. The number of hydrogen-bond donors (Lipinski definition) is 0. The molecule has 0 aromatic carbocycles. The number of aryl methyl sites for hydroxylation is 2. The zero-order valence-corrected chi connectivity index (χ0v) is 17.6. The summed E-state index contributed by atoms with van der Waals surface area (Å²) in [7, 11) is 0.